The van der Waals surface area contributed by atoms with Crippen molar-refractivity contribution in [2.75, 3.05) is 0 Å². The molecule has 1 saturated heterocycles. The van der Waals surface area contributed by atoms with E-state index in [4.69, 9.17) is 9.90 Å². The van der Waals surface area contributed by atoms with Gasteiger partial charge in [0.15, 0.2) is 0 Å². The Morgan fingerprint density at radius 1 is 1.42 bits per heavy atom. The Morgan fingerprint density at radius 2 is 2.05 bits per heavy atom. The van der Waals surface area contributed by atoms with E-state index in [0.717, 1.165) is 25.3 Å². The van der Waals surface area contributed by atoms with Crippen LogP contribution in [0.5, 0.6) is 5.75 Å². The number of carboxylic acid groups (broad SMARTS) is 1. The van der Waals surface area contributed by atoms with Gasteiger partial charge in [0.2, 0.25) is 0 Å². The predicted octanol–water partition coefficient (Wildman–Crippen LogP) is 1.66. The third-order valence-electron chi connectivity index (χ3n) is 3.00. The summed E-state index contributed by atoms with van der Waals surface area (Å²) in [5.41, 5.74) is 0.779. The molecule has 5 heteroatoms. The van der Waals surface area contributed by atoms with Crippen molar-refractivity contribution in [2.24, 2.45) is 0 Å². The maximum absolute atomic E-state index is 10.1. The maximum atomic E-state index is 10.1. The second-order valence-electron chi connectivity index (χ2n) is 4.81. The molecule has 1 aliphatic heterocycles. The standard InChI is InChI=1S/C12H17NO2.C2H4O2/c1-8-5-6-11(13-8)12(15)9-3-2-4-10(14)7-9;1-2(3)4/h2-4,7-8,11-15H,5-6H2,1H3;1H3,(H,3,4)/t8-,11-,12?;/m0./s1. The molecule has 1 aromatic carbocycles. The van der Waals surface area contributed by atoms with E-state index in [1.807, 2.05) is 6.07 Å². The van der Waals surface area contributed by atoms with Crippen molar-refractivity contribution in [1.82, 2.24) is 5.32 Å². The van der Waals surface area contributed by atoms with Crippen LogP contribution >= 0.6 is 0 Å². The first-order chi connectivity index (χ1) is 8.90. The van der Waals surface area contributed by atoms with Crippen molar-refractivity contribution in [3.05, 3.63) is 29.8 Å². The molecule has 0 aromatic heterocycles. The van der Waals surface area contributed by atoms with E-state index in [2.05, 4.69) is 12.2 Å². The van der Waals surface area contributed by atoms with Crippen LogP contribution in [-0.4, -0.2) is 33.4 Å². The quantitative estimate of drug-likeness (QED) is 0.654. The van der Waals surface area contributed by atoms with Gasteiger partial charge in [0, 0.05) is 19.0 Å². The lowest BCUT2D eigenvalue weighted by Gasteiger charge is -2.19. The molecule has 1 heterocycles. The Labute approximate surface area is 112 Å². The number of rotatable bonds is 2. The van der Waals surface area contributed by atoms with Crippen molar-refractivity contribution in [2.45, 2.75) is 44.9 Å². The summed E-state index contributed by atoms with van der Waals surface area (Å²) in [7, 11) is 0. The van der Waals surface area contributed by atoms with E-state index < -0.39 is 12.1 Å². The van der Waals surface area contributed by atoms with Crippen LogP contribution in [0.2, 0.25) is 0 Å². The summed E-state index contributed by atoms with van der Waals surface area (Å²) in [6.45, 7) is 3.20. The molecule has 4 N–H and O–H groups in total. The van der Waals surface area contributed by atoms with E-state index in [0.29, 0.717) is 6.04 Å². The van der Waals surface area contributed by atoms with E-state index >= 15 is 0 Å². The number of aliphatic hydroxyl groups is 1. The van der Waals surface area contributed by atoms with Gasteiger partial charge in [-0.3, -0.25) is 4.79 Å². The van der Waals surface area contributed by atoms with Crippen LogP contribution in [0, 0.1) is 0 Å². The van der Waals surface area contributed by atoms with Crippen LogP contribution in [-0.2, 0) is 4.79 Å². The van der Waals surface area contributed by atoms with Crippen LogP contribution in [0.1, 0.15) is 38.4 Å². The van der Waals surface area contributed by atoms with Crippen LogP contribution in [0.25, 0.3) is 0 Å². The Hall–Kier alpha value is -1.59. The van der Waals surface area contributed by atoms with Gasteiger partial charge in [-0.15, -0.1) is 0 Å². The minimum Gasteiger partial charge on any atom is -0.508 e. The lowest BCUT2D eigenvalue weighted by molar-refractivity contribution is -0.134. The number of hydrogen-bond donors (Lipinski definition) is 4. The molecule has 1 aliphatic rings. The number of aromatic hydroxyl groups is 1. The van der Waals surface area contributed by atoms with Gasteiger partial charge in [0.1, 0.15) is 5.75 Å². The van der Waals surface area contributed by atoms with Crippen molar-refractivity contribution in [1.29, 1.82) is 0 Å². The minimum atomic E-state index is -0.833. The summed E-state index contributed by atoms with van der Waals surface area (Å²) in [6.07, 6.45) is 1.56. The number of phenolic OH excluding ortho intramolecular Hbond substituents is 1. The van der Waals surface area contributed by atoms with Gasteiger partial charge in [-0.2, -0.15) is 0 Å². The van der Waals surface area contributed by atoms with E-state index in [9.17, 15) is 10.2 Å². The zero-order valence-electron chi connectivity index (χ0n) is 11.2. The highest BCUT2D eigenvalue weighted by Crippen LogP contribution is 2.26. The Balaban J connectivity index is 0.000000399. The molecular formula is C14H21NO4. The van der Waals surface area contributed by atoms with Crippen molar-refractivity contribution in [3.63, 3.8) is 0 Å². The normalized spacial score (nSPS) is 23.3. The average Bonchev–Trinajstić information content (AvgIpc) is 2.74. The average molecular weight is 267 g/mol. The fourth-order valence-corrected chi connectivity index (χ4v) is 2.15. The molecule has 0 saturated carbocycles. The molecule has 106 valence electrons. The number of benzene rings is 1. The van der Waals surface area contributed by atoms with Crippen molar-refractivity contribution in [3.8, 4) is 5.75 Å². The molecular weight excluding hydrogens is 246 g/mol. The van der Waals surface area contributed by atoms with Gasteiger partial charge >= 0.3 is 0 Å². The molecule has 5 nitrogen and oxygen atoms in total. The first kappa shape index (κ1) is 15.5. The van der Waals surface area contributed by atoms with E-state index in [1.165, 1.54) is 0 Å². The number of aliphatic hydroxyl groups excluding tert-OH is 1. The molecule has 0 aliphatic carbocycles. The topological polar surface area (TPSA) is 89.8 Å². The summed E-state index contributed by atoms with van der Waals surface area (Å²) < 4.78 is 0. The molecule has 0 spiro atoms. The van der Waals surface area contributed by atoms with Crippen LogP contribution in [0.4, 0.5) is 0 Å². The fourth-order valence-electron chi connectivity index (χ4n) is 2.15. The summed E-state index contributed by atoms with van der Waals surface area (Å²) in [5, 5.41) is 30.2. The van der Waals surface area contributed by atoms with Crippen LogP contribution in [0.3, 0.4) is 0 Å². The largest absolute Gasteiger partial charge is 0.508 e. The molecule has 0 radical (unpaired) electrons. The fraction of sp³-hybridized carbons (Fsp3) is 0.500. The molecule has 1 unspecified atom stereocenters. The Bertz CT molecular complexity index is 418. The third-order valence-corrected chi connectivity index (χ3v) is 3.00. The molecule has 3 atom stereocenters. The molecule has 2 rings (SSSR count). The van der Waals surface area contributed by atoms with Gasteiger partial charge in [-0.1, -0.05) is 12.1 Å². The summed E-state index contributed by atoms with van der Waals surface area (Å²) in [4.78, 5) is 9.00. The smallest absolute Gasteiger partial charge is 0.300 e. The Kier molecular flexibility index (Phi) is 5.79. The zero-order chi connectivity index (χ0) is 14.4. The second-order valence-corrected chi connectivity index (χ2v) is 4.81. The molecule has 0 bridgehead atoms. The summed E-state index contributed by atoms with van der Waals surface area (Å²) in [6, 6.07) is 7.42. The third kappa shape index (κ3) is 5.28. The lowest BCUT2D eigenvalue weighted by atomic mass is 10.0. The summed E-state index contributed by atoms with van der Waals surface area (Å²) in [5.74, 6) is -0.627. The zero-order valence-corrected chi connectivity index (χ0v) is 11.2. The van der Waals surface area contributed by atoms with E-state index in [1.54, 1.807) is 18.2 Å². The van der Waals surface area contributed by atoms with Crippen LogP contribution in [0.15, 0.2) is 24.3 Å². The maximum Gasteiger partial charge on any atom is 0.300 e. The van der Waals surface area contributed by atoms with Gasteiger partial charge < -0.3 is 20.6 Å². The van der Waals surface area contributed by atoms with E-state index in [-0.39, 0.29) is 11.8 Å². The number of nitrogens with one attached hydrogen (secondary N) is 1. The highest BCUT2D eigenvalue weighted by molar-refractivity contribution is 5.62. The first-order valence-electron chi connectivity index (χ1n) is 6.32. The minimum absolute atomic E-state index is 0.113. The SMILES string of the molecule is CC(=O)O.C[C@H]1CC[C@@H](C(O)c2cccc(O)c2)N1. The second kappa shape index (κ2) is 7.11. The number of phenols is 1. The molecule has 19 heavy (non-hydrogen) atoms. The van der Waals surface area contributed by atoms with Gasteiger partial charge in [-0.05, 0) is 37.5 Å². The first-order valence-corrected chi connectivity index (χ1v) is 6.32. The van der Waals surface area contributed by atoms with Crippen molar-refractivity contribution < 1.29 is 20.1 Å². The van der Waals surface area contributed by atoms with Gasteiger partial charge in [0.25, 0.3) is 5.97 Å². The monoisotopic (exact) mass is 267 g/mol. The summed E-state index contributed by atoms with van der Waals surface area (Å²) >= 11 is 0. The number of aliphatic carboxylic acids is 1. The van der Waals surface area contributed by atoms with Gasteiger partial charge in [0.05, 0.1) is 6.10 Å². The number of hydrogen-bond acceptors (Lipinski definition) is 4. The predicted molar refractivity (Wildman–Crippen MR) is 72.0 cm³/mol. The highest BCUT2D eigenvalue weighted by atomic mass is 16.4. The molecule has 1 aromatic rings. The van der Waals surface area contributed by atoms with Gasteiger partial charge in [-0.25, -0.2) is 0 Å². The van der Waals surface area contributed by atoms with Crippen LogP contribution < -0.4 is 5.32 Å². The number of carbonyl (C=O) groups is 1. The Morgan fingerprint density at radius 3 is 2.53 bits per heavy atom. The molecule has 1 fully saturated rings. The lowest BCUT2D eigenvalue weighted by Crippen LogP contribution is -2.32. The van der Waals surface area contributed by atoms with Crippen molar-refractivity contribution >= 4 is 5.97 Å². The molecule has 0 amide bonds. The highest BCUT2D eigenvalue weighted by Gasteiger charge is 2.27. The number of carboxylic acids is 1.